The van der Waals surface area contributed by atoms with E-state index in [0.717, 1.165) is 11.3 Å². The number of benzene rings is 1. The van der Waals surface area contributed by atoms with Crippen LogP contribution in [-0.4, -0.2) is 35.1 Å². The molecule has 0 aliphatic heterocycles. The number of aliphatic carboxylic acids is 1. The molecule has 7 heteroatoms. The van der Waals surface area contributed by atoms with Crippen LogP contribution < -0.4 is 10.1 Å². The molecule has 0 aliphatic carbocycles. The van der Waals surface area contributed by atoms with Crippen LogP contribution in [0.3, 0.4) is 0 Å². The van der Waals surface area contributed by atoms with Crippen molar-refractivity contribution in [3.05, 3.63) is 46.4 Å². The largest absolute Gasteiger partial charge is 0.482 e. The maximum atomic E-state index is 11.7. The minimum absolute atomic E-state index is 0.0133. The number of nitrogens with one attached hydrogen (secondary N) is 1. The van der Waals surface area contributed by atoms with Crippen molar-refractivity contribution in [1.29, 1.82) is 0 Å². The van der Waals surface area contributed by atoms with Crippen LogP contribution in [0.15, 0.2) is 35.2 Å². The molecule has 0 aliphatic rings. The van der Waals surface area contributed by atoms with Gasteiger partial charge in [0.25, 0.3) is 0 Å². The summed E-state index contributed by atoms with van der Waals surface area (Å²) in [5.74, 6) is -0.475. The molecule has 0 bridgehead atoms. The summed E-state index contributed by atoms with van der Waals surface area (Å²) in [6, 6.07) is 7.17. The molecule has 0 saturated heterocycles. The fraction of sp³-hybridized carbons (Fsp3) is 0.312. The monoisotopic (exact) mass is 334 g/mol. The Bertz CT molecular complexity index is 626. The van der Waals surface area contributed by atoms with Crippen molar-refractivity contribution in [3.63, 3.8) is 0 Å². The van der Waals surface area contributed by atoms with Crippen molar-refractivity contribution in [2.75, 3.05) is 13.2 Å². The Labute approximate surface area is 138 Å². The van der Waals surface area contributed by atoms with Gasteiger partial charge in [-0.1, -0.05) is 12.1 Å². The highest BCUT2D eigenvalue weighted by Crippen LogP contribution is 2.12. The van der Waals surface area contributed by atoms with E-state index in [1.807, 2.05) is 17.5 Å². The van der Waals surface area contributed by atoms with Crippen LogP contribution in [0.2, 0.25) is 0 Å². The predicted molar refractivity (Wildman–Crippen MR) is 86.7 cm³/mol. The second kappa shape index (κ2) is 8.89. The van der Waals surface area contributed by atoms with E-state index in [0.29, 0.717) is 31.6 Å². The van der Waals surface area contributed by atoms with Crippen LogP contribution in [0.5, 0.6) is 5.75 Å². The zero-order chi connectivity index (χ0) is 16.5. The van der Waals surface area contributed by atoms with Crippen LogP contribution in [-0.2, 0) is 22.4 Å². The number of carboxylic acid groups (broad SMARTS) is 1. The molecule has 2 rings (SSSR count). The highest BCUT2D eigenvalue weighted by Gasteiger charge is 2.04. The molecule has 1 heterocycles. The Morgan fingerprint density at radius 3 is 2.65 bits per heavy atom. The van der Waals surface area contributed by atoms with Crippen molar-refractivity contribution in [2.24, 2.45) is 0 Å². The van der Waals surface area contributed by atoms with Crippen molar-refractivity contribution in [1.82, 2.24) is 10.3 Å². The fourth-order valence-corrected chi connectivity index (χ4v) is 2.53. The zero-order valence-electron chi connectivity index (χ0n) is 12.5. The number of aryl methyl sites for hydroxylation is 1. The van der Waals surface area contributed by atoms with Crippen molar-refractivity contribution in [3.8, 4) is 5.75 Å². The Hall–Kier alpha value is -2.41. The van der Waals surface area contributed by atoms with Crippen LogP contribution in [0.4, 0.5) is 0 Å². The number of amides is 1. The summed E-state index contributed by atoms with van der Waals surface area (Å²) in [4.78, 5) is 26.3. The summed E-state index contributed by atoms with van der Waals surface area (Å²) in [6.07, 6.45) is 1.80. The van der Waals surface area contributed by atoms with Gasteiger partial charge in [-0.3, -0.25) is 4.79 Å². The normalized spacial score (nSPS) is 10.3. The lowest BCUT2D eigenvalue weighted by molar-refractivity contribution is -0.139. The smallest absolute Gasteiger partial charge is 0.341 e. The SMILES string of the molecule is O=C(O)COc1ccc(CCNC(=O)CCc2cscn2)cc1. The van der Waals surface area contributed by atoms with E-state index in [2.05, 4.69) is 10.3 Å². The summed E-state index contributed by atoms with van der Waals surface area (Å²) >= 11 is 1.53. The zero-order valence-corrected chi connectivity index (χ0v) is 13.3. The van der Waals surface area contributed by atoms with Gasteiger partial charge in [-0.05, 0) is 30.5 Å². The third kappa shape index (κ3) is 6.48. The van der Waals surface area contributed by atoms with Gasteiger partial charge in [-0.25, -0.2) is 9.78 Å². The molecule has 0 saturated carbocycles. The van der Waals surface area contributed by atoms with Crippen molar-refractivity contribution < 1.29 is 19.4 Å². The lowest BCUT2D eigenvalue weighted by Crippen LogP contribution is -2.25. The molecule has 1 aromatic carbocycles. The Morgan fingerprint density at radius 1 is 1.22 bits per heavy atom. The molecule has 122 valence electrons. The number of nitrogens with zero attached hydrogens (tertiary/aromatic N) is 1. The van der Waals surface area contributed by atoms with Gasteiger partial charge < -0.3 is 15.2 Å². The molecule has 1 amide bonds. The third-order valence-electron chi connectivity index (χ3n) is 3.11. The number of aromatic nitrogens is 1. The minimum atomic E-state index is -1.01. The topological polar surface area (TPSA) is 88.5 Å². The summed E-state index contributed by atoms with van der Waals surface area (Å²) in [5.41, 5.74) is 3.76. The highest BCUT2D eigenvalue weighted by molar-refractivity contribution is 7.07. The number of ether oxygens (including phenoxy) is 1. The lowest BCUT2D eigenvalue weighted by atomic mass is 10.1. The number of hydrogen-bond donors (Lipinski definition) is 2. The third-order valence-corrected chi connectivity index (χ3v) is 3.75. The van der Waals surface area contributed by atoms with Gasteiger partial charge in [-0.15, -0.1) is 11.3 Å². The van der Waals surface area contributed by atoms with Gasteiger partial charge >= 0.3 is 5.97 Å². The molecule has 23 heavy (non-hydrogen) atoms. The summed E-state index contributed by atoms with van der Waals surface area (Å²) in [7, 11) is 0. The molecule has 2 aromatic rings. The molecule has 0 spiro atoms. The first-order valence-electron chi connectivity index (χ1n) is 7.21. The number of carbonyl (C=O) groups excluding carboxylic acids is 1. The number of hydrogen-bond acceptors (Lipinski definition) is 5. The van der Waals surface area contributed by atoms with Crippen LogP contribution in [0.1, 0.15) is 17.7 Å². The second-order valence-corrected chi connectivity index (χ2v) is 5.62. The van der Waals surface area contributed by atoms with Gasteiger partial charge in [-0.2, -0.15) is 0 Å². The standard InChI is InChI=1S/C16H18N2O4S/c19-15(6-3-13-10-23-11-18-13)17-8-7-12-1-4-14(5-2-12)22-9-16(20)21/h1-2,4-5,10-11H,3,6-9H2,(H,17,19)(H,20,21). The molecule has 2 N–H and O–H groups in total. The predicted octanol–water partition coefficient (Wildman–Crippen LogP) is 1.90. The molecule has 0 unspecified atom stereocenters. The quantitative estimate of drug-likeness (QED) is 0.731. The van der Waals surface area contributed by atoms with Gasteiger partial charge in [0.15, 0.2) is 6.61 Å². The number of rotatable bonds is 9. The molecule has 1 aromatic heterocycles. The van der Waals surface area contributed by atoms with Gasteiger partial charge in [0.2, 0.25) is 5.91 Å². The number of carbonyl (C=O) groups is 2. The van der Waals surface area contributed by atoms with E-state index < -0.39 is 5.97 Å². The van der Waals surface area contributed by atoms with E-state index in [9.17, 15) is 9.59 Å². The highest BCUT2D eigenvalue weighted by atomic mass is 32.1. The Kier molecular flexibility index (Phi) is 6.56. The molecule has 0 radical (unpaired) electrons. The van der Waals surface area contributed by atoms with E-state index in [-0.39, 0.29) is 12.5 Å². The van der Waals surface area contributed by atoms with E-state index in [1.165, 1.54) is 11.3 Å². The Morgan fingerprint density at radius 2 is 2.00 bits per heavy atom. The molecular formula is C16H18N2O4S. The molecule has 0 fully saturated rings. The van der Waals surface area contributed by atoms with Gasteiger partial charge in [0, 0.05) is 18.3 Å². The van der Waals surface area contributed by atoms with Crippen molar-refractivity contribution >= 4 is 23.2 Å². The maximum Gasteiger partial charge on any atom is 0.341 e. The van der Waals surface area contributed by atoms with E-state index >= 15 is 0 Å². The average molecular weight is 334 g/mol. The Balaban J connectivity index is 1.65. The second-order valence-electron chi connectivity index (χ2n) is 4.91. The van der Waals surface area contributed by atoms with Crippen LogP contribution in [0, 0.1) is 0 Å². The lowest BCUT2D eigenvalue weighted by Gasteiger charge is -2.06. The van der Waals surface area contributed by atoms with E-state index in [1.54, 1.807) is 17.6 Å². The fourth-order valence-electron chi connectivity index (χ4n) is 1.93. The average Bonchev–Trinajstić information content (AvgIpc) is 3.05. The first kappa shape index (κ1) is 17.0. The summed E-state index contributed by atoms with van der Waals surface area (Å²) in [6.45, 7) is 0.208. The van der Waals surface area contributed by atoms with Crippen molar-refractivity contribution in [2.45, 2.75) is 19.3 Å². The number of carboxylic acids is 1. The summed E-state index contributed by atoms with van der Waals surface area (Å²) < 4.78 is 5.06. The summed E-state index contributed by atoms with van der Waals surface area (Å²) in [5, 5.41) is 13.4. The molecule has 6 nitrogen and oxygen atoms in total. The minimum Gasteiger partial charge on any atom is -0.482 e. The first-order valence-corrected chi connectivity index (χ1v) is 8.15. The molecule has 0 atom stereocenters. The van der Waals surface area contributed by atoms with Gasteiger partial charge in [0.1, 0.15) is 5.75 Å². The van der Waals surface area contributed by atoms with E-state index in [4.69, 9.17) is 9.84 Å². The maximum absolute atomic E-state index is 11.7. The van der Waals surface area contributed by atoms with Crippen LogP contribution >= 0.6 is 11.3 Å². The van der Waals surface area contributed by atoms with Gasteiger partial charge in [0.05, 0.1) is 11.2 Å². The van der Waals surface area contributed by atoms with Crippen LogP contribution in [0.25, 0.3) is 0 Å². The molecular weight excluding hydrogens is 316 g/mol. The first-order chi connectivity index (χ1) is 11.1. The number of thiazole rings is 1.